The molecule has 158 valence electrons. The number of hydrogen-bond donors (Lipinski definition) is 2. The van der Waals surface area contributed by atoms with E-state index in [1.165, 1.54) is 17.8 Å². The van der Waals surface area contributed by atoms with Crippen LogP contribution in [-0.4, -0.2) is 48.9 Å². The summed E-state index contributed by atoms with van der Waals surface area (Å²) in [6.45, 7) is 3.90. The van der Waals surface area contributed by atoms with E-state index in [1.54, 1.807) is 40.7 Å². The Morgan fingerprint density at radius 3 is 2.65 bits per heavy atom. The summed E-state index contributed by atoms with van der Waals surface area (Å²) in [7, 11) is 0. The molecule has 1 aromatic carbocycles. The molecule has 0 spiro atoms. The van der Waals surface area contributed by atoms with E-state index in [1.807, 2.05) is 0 Å². The Morgan fingerprint density at radius 2 is 1.97 bits per heavy atom. The zero-order chi connectivity index (χ0) is 22.1. The Morgan fingerprint density at radius 1 is 1.23 bits per heavy atom. The van der Waals surface area contributed by atoms with Crippen LogP contribution < -0.4 is 16.7 Å². The first kappa shape index (κ1) is 20.2. The number of aromatic nitrogens is 4. The minimum atomic E-state index is -0.324. The fourth-order valence-electron chi connectivity index (χ4n) is 3.86. The lowest BCUT2D eigenvalue weighted by Crippen LogP contribution is -2.31. The van der Waals surface area contributed by atoms with Gasteiger partial charge in [0.25, 0.3) is 5.91 Å². The molecule has 1 atom stereocenters. The van der Waals surface area contributed by atoms with E-state index < -0.39 is 0 Å². The van der Waals surface area contributed by atoms with Crippen molar-refractivity contribution in [3.8, 4) is 17.5 Å². The molecule has 3 aromatic rings. The SMILES string of the molecule is CC#CC(=O)N1CCC(n2c(=O)n(-c3ccc(NC(C)=O)cc3)c3c(N)ncnc32)C1. The van der Waals surface area contributed by atoms with E-state index in [-0.39, 0.29) is 29.4 Å². The number of nitrogen functional groups attached to an aromatic ring is 1. The minimum absolute atomic E-state index is 0.176. The Balaban J connectivity index is 1.81. The van der Waals surface area contributed by atoms with E-state index in [9.17, 15) is 14.4 Å². The highest BCUT2D eigenvalue weighted by molar-refractivity contribution is 5.93. The average molecular weight is 419 g/mol. The first-order valence-electron chi connectivity index (χ1n) is 9.73. The van der Waals surface area contributed by atoms with Gasteiger partial charge in [-0.15, -0.1) is 0 Å². The van der Waals surface area contributed by atoms with Gasteiger partial charge in [0.1, 0.15) is 11.8 Å². The summed E-state index contributed by atoms with van der Waals surface area (Å²) >= 11 is 0. The normalized spacial score (nSPS) is 15.5. The van der Waals surface area contributed by atoms with Gasteiger partial charge in [-0.2, -0.15) is 0 Å². The molecule has 2 aromatic heterocycles. The zero-order valence-electron chi connectivity index (χ0n) is 17.1. The van der Waals surface area contributed by atoms with E-state index in [4.69, 9.17) is 5.73 Å². The third-order valence-electron chi connectivity index (χ3n) is 5.17. The highest BCUT2D eigenvalue weighted by Crippen LogP contribution is 2.27. The van der Waals surface area contributed by atoms with Gasteiger partial charge in [-0.05, 0) is 43.5 Å². The summed E-state index contributed by atoms with van der Waals surface area (Å²) < 4.78 is 3.03. The topological polar surface area (TPSA) is 128 Å². The number of benzene rings is 1. The minimum Gasteiger partial charge on any atom is -0.382 e. The summed E-state index contributed by atoms with van der Waals surface area (Å²) in [5.41, 5.74) is 7.78. The molecule has 1 fully saturated rings. The lowest BCUT2D eigenvalue weighted by molar-refractivity contribution is -0.124. The number of imidazole rings is 1. The summed E-state index contributed by atoms with van der Waals surface area (Å²) in [5.74, 6) is 4.88. The molecule has 0 bridgehead atoms. The molecule has 4 rings (SSSR count). The van der Waals surface area contributed by atoms with Crippen LogP contribution in [0, 0.1) is 11.8 Å². The molecule has 1 saturated heterocycles. The number of nitrogens with zero attached hydrogens (tertiary/aromatic N) is 5. The Kier molecular flexibility index (Phi) is 5.17. The van der Waals surface area contributed by atoms with Crippen molar-refractivity contribution in [1.29, 1.82) is 0 Å². The van der Waals surface area contributed by atoms with Crippen molar-refractivity contribution >= 4 is 34.5 Å². The summed E-state index contributed by atoms with van der Waals surface area (Å²) in [5, 5.41) is 2.69. The summed E-state index contributed by atoms with van der Waals surface area (Å²) in [6, 6.07) is 6.57. The van der Waals surface area contributed by atoms with Gasteiger partial charge < -0.3 is 16.0 Å². The quantitative estimate of drug-likeness (QED) is 0.608. The molecule has 0 radical (unpaired) electrons. The molecule has 0 aliphatic carbocycles. The molecule has 1 aliphatic rings. The number of hydrogen-bond acceptors (Lipinski definition) is 6. The van der Waals surface area contributed by atoms with Crippen LogP contribution in [0.15, 0.2) is 35.4 Å². The van der Waals surface area contributed by atoms with Gasteiger partial charge in [0, 0.05) is 25.7 Å². The number of carbonyl (C=O) groups is 2. The highest BCUT2D eigenvalue weighted by atomic mass is 16.2. The lowest BCUT2D eigenvalue weighted by atomic mass is 10.2. The van der Waals surface area contributed by atoms with Gasteiger partial charge in [-0.1, -0.05) is 5.92 Å². The molecule has 3 heterocycles. The smallest absolute Gasteiger partial charge is 0.335 e. The fraction of sp³-hybridized carbons (Fsp3) is 0.286. The van der Waals surface area contributed by atoms with Crippen molar-refractivity contribution in [2.45, 2.75) is 26.3 Å². The standard InChI is InChI=1S/C21H21N7O3/c1-3-4-17(30)26-10-9-16(11-26)28-20-18(19(22)23-12-24-20)27(21(28)31)15-7-5-14(6-8-15)25-13(2)29/h5-8,12,16H,9-11H2,1-2H3,(H,25,29)(H2,22,23,24). The van der Waals surface area contributed by atoms with Crippen LogP contribution in [0.1, 0.15) is 26.3 Å². The predicted molar refractivity (Wildman–Crippen MR) is 116 cm³/mol. The largest absolute Gasteiger partial charge is 0.382 e. The molecule has 10 nitrogen and oxygen atoms in total. The Bertz CT molecular complexity index is 1290. The number of amides is 2. The Hall–Kier alpha value is -4.13. The van der Waals surface area contributed by atoms with E-state index in [0.29, 0.717) is 42.0 Å². The molecule has 3 N–H and O–H groups in total. The number of fused-ring (bicyclic) bond motifs is 1. The van der Waals surface area contributed by atoms with Crippen LogP contribution in [0.4, 0.5) is 11.5 Å². The number of nitrogens with one attached hydrogen (secondary N) is 1. The molecule has 31 heavy (non-hydrogen) atoms. The summed E-state index contributed by atoms with van der Waals surface area (Å²) in [6.07, 6.45) is 1.92. The van der Waals surface area contributed by atoms with Gasteiger partial charge >= 0.3 is 5.69 Å². The number of rotatable bonds is 3. The van der Waals surface area contributed by atoms with Crippen molar-refractivity contribution in [3.05, 3.63) is 41.1 Å². The maximum absolute atomic E-state index is 13.5. The monoisotopic (exact) mass is 419 g/mol. The van der Waals surface area contributed by atoms with Gasteiger partial charge in [-0.3, -0.25) is 18.7 Å². The molecule has 1 unspecified atom stereocenters. The molecule has 1 aliphatic heterocycles. The van der Waals surface area contributed by atoms with Crippen molar-refractivity contribution in [2.24, 2.45) is 0 Å². The zero-order valence-corrected chi connectivity index (χ0v) is 17.1. The third kappa shape index (κ3) is 3.61. The van der Waals surface area contributed by atoms with E-state index >= 15 is 0 Å². The maximum Gasteiger partial charge on any atom is 0.335 e. The maximum atomic E-state index is 13.5. The van der Waals surface area contributed by atoms with Crippen LogP contribution in [0.25, 0.3) is 16.9 Å². The van der Waals surface area contributed by atoms with Crippen molar-refractivity contribution in [3.63, 3.8) is 0 Å². The first-order chi connectivity index (χ1) is 14.9. The van der Waals surface area contributed by atoms with Crippen LogP contribution in [-0.2, 0) is 9.59 Å². The Labute approximate surface area is 177 Å². The molecule has 0 saturated carbocycles. The average Bonchev–Trinajstić information content (AvgIpc) is 3.31. The highest BCUT2D eigenvalue weighted by Gasteiger charge is 2.31. The molecular weight excluding hydrogens is 398 g/mol. The molecule has 10 heteroatoms. The fourth-order valence-corrected chi connectivity index (χ4v) is 3.86. The number of anilines is 2. The first-order valence-corrected chi connectivity index (χ1v) is 9.73. The van der Waals surface area contributed by atoms with Crippen molar-refractivity contribution in [2.75, 3.05) is 24.1 Å². The van der Waals surface area contributed by atoms with Gasteiger partial charge in [0.05, 0.1) is 11.7 Å². The van der Waals surface area contributed by atoms with Crippen LogP contribution in [0.5, 0.6) is 0 Å². The lowest BCUT2D eigenvalue weighted by Gasteiger charge is -2.14. The van der Waals surface area contributed by atoms with Gasteiger partial charge in [-0.25, -0.2) is 14.8 Å². The number of nitrogens with two attached hydrogens (primary N) is 1. The third-order valence-corrected chi connectivity index (χ3v) is 5.17. The van der Waals surface area contributed by atoms with Crippen molar-refractivity contribution in [1.82, 2.24) is 24.0 Å². The van der Waals surface area contributed by atoms with Gasteiger partial charge in [0.15, 0.2) is 11.5 Å². The van der Waals surface area contributed by atoms with E-state index in [0.717, 1.165) is 0 Å². The molecule has 2 amide bonds. The van der Waals surface area contributed by atoms with E-state index in [2.05, 4.69) is 27.1 Å². The second kappa shape index (κ2) is 7.95. The second-order valence-electron chi connectivity index (χ2n) is 7.22. The van der Waals surface area contributed by atoms with Crippen LogP contribution in [0.3, 0.4) is 0 Å². The van der Waals surface area contributed by atoms with Gasteiger partial charge in [0.2, 0.25) is 5.91 Å². The second-order valence-corrected chi connectivity index (χ2v) is 7.22. The van der Waals surface area contributed by atoms with Crippen molar-refractivity contribution < 1.29 is 9.59 Å². The van der Waals surface area contributed by atoms with Crippen LogP contribution in [0.2, 0.25) is 0 Å². The summed E-state index contributed by atoms with van der Waals surface area (Å²) in [4.78, 5) is 46.9. The number of carbonyl (C=O) groups excluding carboxylic acids is 2. The predicted octanol–water partition coefficient (Wildman–Crippen LogP) is 0.919. The molecular formula is C21H21N7O3. The number of likely N-dealkylation sites (tertiary alicyclic amines) is 1. The van der Waals surface area contributed by atoms with Crippen LogP contribution >= 0.6 is 0 Å².